The van der Waals surface area contributed by atoms with E-state index >= 15 is 0 Å². The average Bonchev–Trinajstić information content (AvgIpc) is 2.41. The largest absolute Gasteiger partial charge is 0.508 e. The van der Waals surface area contributed by atoms with Gasteiger partial charge in [-0.3, -0.25) is 0 Å². The second-order valence-electron chi connectivity index (χ2n) is 3.85. The molecule has 4 nitrogen and oxygen atoms in total. The molecule has 2 N–H and O–H groups in total. The number of benzene rings is 1. The maximum Gasteiger partial charge on any atom is 0.163 e. The first-order chi connectivity index (χ1) is 8.79. The molecule has 0 fully saturated rings. The number of nitrogens with zero attached hydrogens (tertiary/aromatic N) is 2. The minimum Gasteiger partial charge on any atom is -0.508 e. The predicted molar refractivity (Wildman–Crippen MR) is 69.3 cm³/mol. The third-order valence-electron chi connectivity index (χ3n) is 2.58. The molecule has 0 atom stereocenters. The number of aromatic nitrogens is 1. The molecule has 0 radical (unpaired) electrons. The van der Waals surface area contributed by atoms with Crippen molar-refractivity contribution in [2.45, 2.75) is 6.42 Å². The molecule has 0 saturated heterocycles. The quantitative estimate of drug-likeness (QED) is 0.859. The lowest BCUT2D eigenvalue weighted by Crippen LogP contribution is -2.06. The highest BCUT2D eigenvalue weighted by molar-refractivity contribution is 5.53. The molecular weight excluding hydrogens is 226 g/mol. The van der Waals surface area contributed by atoms with Crippen molar-refractivity contribution in [3.8, 4) is 11.8 Å². The summed E-state index contributed by atoms with van der Waals surface area (Å²) in [7, 11) is 0. The number of hydrogen-bond acceptors (Lipinski definition) is 4. The van der Waals surface area contributed by atoms with Crippen LogP contribution in [0.15, 0.2) is 42.6 Å². The summed E-state index contributed by atoms with van der Waals surface area (Å²) in [4.78, 5) is 3.98. The number of rotatable bonds is 4. The van der Waals surface area contributed by atoms with Crippen LogP contribution in [0.1, 0.15) is 11.3 Å². The number of nitriles is 1. The average molecular weight is 239 g/mol. The van der Waals surface area contributed by atoms with E-state index in [-0.39, 0.29) is 5.75 Å². The summed E-state index contributed by atoms with van der Waals surface area (Å²) in [5.41, 5.74) is 2.28. The van der Waals surface area contributed by atoms with E-state index in [4.69, 9.17) is 10.4 Å². The number of aromatic hydroxyl groups is 1. The van der Waals surface area contributed by atoms with Crippen molar-refractivity contribution in [1.29, 1.82) is 5.26 Å². The summed E-state index contributed by atoms with van der Waals surface area (Å²) in [6.07, 6.45) is 2.42. The van der Waals surface area contributed by atoms with Gasteiger partial charge in [-0.1, -0.05) is 12.1 Å². The van der Waals surface area contributed by atoms with Crippen molar-refractivity contribution in [3.63, 3.8) is 0 Å². The monoisotopic (exact) mass is 239 g/mol. The van der Waals surface area contributed by atoms with Gasteiger partial charge in [0.25, 0.3) is 0 Å². The zero-order chi connectivity index (χ0) is 12.8. The number of nitrogens with one attached hydrogen (secondary N) is 1. The number of pyridine rings is 1. The Balaban J connectivity index is 1.93. The first kappa shape index (κ1) is 11.9. The van der Waals surface area contributed by atoms with Crippen molar-refractivity contribution >= 4 is 5.69 Å². The maximum absolute atomic E-state index is 9.17. The van der Waals surface area contributed by atoms with E-state index in [0.717, 1.165) is 17.7 Å². The highest BCUT2D eigenvalue weighted by Crippen LogP contribution is 2.12. The molecule has 4 heteroatoms. The number of phenols is 1. The third-order valence-corrected chi connectivity index (χ3v) is 2.58. The Morgan fingerprint density at radius 1 is 1.22 bits per heavy atom. The van der Waals surface area contributed by atoms with Crippen LogP contribution in [0.5, 0.6) is 5.75 Å². The number of phenolic OH excluding ortho intramolecular Hbond substituents is 1. The minimum atomic E-state index is 0.269. The second kappa shape index (κ2) is 5.69. The zero-order valence-electron chi connectivity index (χ0n) is 9.80. The van der Waals surface area contributed by atoms with E-state index in [0.29, 0.717) is 12.2 Å². The fraction of sp³-hybridized carbons (Fsp3) is 0.143. The van der Waals surface area contributed by atoms with Crippen molar-refractivity contribution in [2.24, 2.45) is 0 Å². The van der Waals surface area contributed by atoms with E-state index in [1.807, 2.05) is 24.3 Å². The SMILES string of the molecule is N#Cc1ncccc1NCCc1ccc(O)cc1. The van der Waals surface area contributed by atoms with Gasteiger partial charge in [0.2, 0.25) is 0 Å². The van der Waals surface area contributed by atoms with Crippen LogP contribution in [0.3, 0.4) is 0 Å². The summed E-state index contributed by atoms with van der Waals surface area (Å²) in [6.45, 7) is 0.713. The smallest absolute Gasteiger partial charge is 0.163 e. The van der Waals surface area contributed by atoms with Crippen LogP contribution < -0.4 is 5.32 Å². The zero-order valence-corrected chi connectivity index (χ0v) is 9.80. The predicted octanol–water partition coefficient (Wildman–Crippen LogP) is 2.31. The summed E-state index contributed by atoms with van der Waals surface area (Å²) >= 11 is 0. The maximum atomic E-state index is 9.17. The normalized spacial score (nSPS) is 9.72. The Labute approximate surface area is 106 Å². The van der Waals surface area contributed by atoms with Crippen molar-refractivity contribution in [1.82, 2.24) is 4.98 Å². The van der Waals surface area contributed by atoms with E-state index in [2.05, 4.69) is 10.3 Å². The molecular formula is C14H13N3O. The first-order valence-corrected chi connectivity index (χ1v) is 5.66. The van der Waals surface area contributed by atoms with Crippen LogP contribution in [-0.2, 0) is 6.42 Å². The van der Waals surface area contributed by atoms with Crippen molar-refractivity contribution < 1.29 is 5.11 Å². The van der Waals surface area contributed by atoms with Gasteiger partial charge in [0, 0.05) is 12.7 Å². The fourth-order valence-electron chi connectivity index (χ4n) is 1.64. The van der Waals surface area contributed by atoms with Gasteiger partial charge < -0.3 is 10.4 Å². The molecule has 18 heavy (non-hydrogen) atoms. The molecule has 0 aliphatic heterocycles. The van der Waals surface area contributed by atoms with Gasteiger partial charge >= 0.3 is 0 Å². The lowest BCUT2D eigenvalue weighted by Gasteiger charge is -2.07. The van der Waals surface area contributed by atoms with Crippen LogP contribution in [-0.4, -0.2) is 16.6 Å². The van der Waals surface area contributed by atoms with Crippen LogP contribution >= 0.6 is 0 Å². The molecule has 1 aromatic heterocycles. The van der Waals surface area contributed by atoms with Gasteiger partial charge in [-0.05, 0) is 36.2 Å². The number of anilines is 1. The second-order valence-corrected chi connectivity index (χ2v) is 3.85. The molecule has 0 aliphatic rings. The molecule has 1 aromatic carbocycles. The highest BCUT2D eigenvalue weighted by Gasteiger charge is 2.01. The summed E-state index contributed by atoms with van der Waals surface area (Å²) in [5, 5.41) is 21.2. The van der Waals surface area contributed by atoms with Crippen LogP contribution in [0, 0.1) is 11.3 Å². The lowest BCUT2D eigenvalue weighted by atomic mass is 10.1. The molecule has 90 valence electrons. The van der Waals surface area contributed by atoms with Crippen molar-refractivity contribution in [3.05, 3.63) is 53.9 Å². The van der Waals surface area contributed by atoms with Crippen molar-refractivity contribution in [2.75, 3.05) is 11.9 Å². The Hall–Kier alpha value is -2.54. The third kappa shape index (κ3) is 2.98. The molecule has 0 bridgehead atoms. The van der Waals surface area contributed by atoms with E-state index in [9.17, 15) is 0 Å². The fourth-order valence-corrected chi connectivity index (χ4v) is 1.64. The van der Waals surface area contributed by atoms with Gasteiger partial charge in [0.15, 0.2) is 5.69 Å². The minimum absolute atomic E-state index is 0.269. The van der Waals surface area contributed by atoms with E-state index < -0.39 is 0 Å². The summed E-state index contributed by atoms with van der Waals surface area (Å²) in [5.74, 6) is 0.269. The lowest BCUT2D eigenvalue weighted by molar-refractivity contribution is 0.475. The Morgan fingerprint density at radius 3 is 2.72 bits per heavy atom. The van der Waals surface area contributed by atoms with Gasteiger partial charge in [0.1, 0.15) is 11.8 Å². The van der Waals surface area contributed by atoms with Crippen LogP contribution in [0.25, 0.3) is 0 Å². The molecule has 0 aliphatic carbocycles. The van der Waals surface area contributed by atoms with Gasteiger partial charge in [0.05, 0.1) is 5.69 Å². The van der Waals surface area contributed by atoms with Crippen LogP contribution in [0.4, 0.5) is 5.69 Å². The van der Waals surface area contributed by atoms with E-state index in [1.165, 1.54) is 0 Å². The van der Waals surface area contributed by atoms with Gasteiger partial charge in [-0.15, -0.1) is 0 Å². The molecule has 0 saturated carbocycles. The Morgan fingerprint density at radius 2 is 2.00 bits per heavy atom. The molecule has 0 unspecified atom stereocenters. The summed E-state index contributed by atoms with van der Waals surface area (Å²) < 4.78 is 0. The van der Waals surface area contributed by atoms with E-state index in [1.54, 1.807) is 24.4 Å². The number of hydrogen-bond donors (Lipinski definition) is 2. The van der Waals surface area contributed by atoms with Crippen LogP contribution in [0.2, 0.25) is 0 Å². The Kier molecular flexibility index (Phi) is 3.77. The van der Waals surface area contributed by atoms with Gasteiger partial charge in [-0.2, -0.15) is 5.26 Å². The van der Waals surface area contributed by atoms with Gasteiger partial charge in [-0.25, -0.2) is 4.98 Å². The summed E-state index contributed by atoms with van der Waals surface area (Å²) in [6, 6.07) is 12.8. The topological polar surface area (TPSA) is 68.9 Å². The molecule has 2 aromatic rings. The molecule has 2 rings (SSSR count). The highest BCUT2D eigenvalue weighted by atomic mass is 16.3. The molecule has 1 heterocycles. The first-order valence-electron chi connectivity index (χ1n) is 5.66. The Bertz CT molecular complexity index is 558. The molecule has 0 amide bonds. The standard InChI is InChI=1S/C14H13N3O/c15-10-14-13(2-1-8-16-14)17-9-7-11-3-5-12(18)6-4-11/h1-6,8,17-18H,7,9H2. The molecule has 0 spiro atoms.